The van der Waals surface area contributed by atoms with Crippen LogP contribution in [0.2, 0.25) is 0 Å². The van der Waals surface area contributed by atoms with Crippen molar-refractivity contribution >= 4 is 15.9 Å². The third-order valence-corrected chi connectivity index (χ3v) is 6.17. The second-order valence-electron chi connectivity index (χ2n) is 6.38. The minimum absolute atomic E-state index is 0.115. The summed E-state index contributed by atoms with van der Waals surface area (Å²) >= 11 is 0. The van der Waals surface area contributed by atoms with Crippen molar-refractivity contribution in [3.8, 4) is 5.75 Å². The standard InChI is InChI=1S/C20H26N2O4S/c1-5-19(16-8-6-15(2)7-9-16)21-20(23)14-22(3)27(24,25)18-12-10-17(26-4)11-13-18/h6-13,19H,5,14H2,1-4H3,(H,21,23). The number of hydrogen-bond acceptors (Lipinski definition) is 4. The topological polar surface area (TPSA) is 75.7 Å². The van der Waals surface area contributed by atoms with Crippen LogP contribution in [-0.4, -0.2) is 39.3 Å². The molecule has 1 N–H and O–H groups in total. The molecule has 2 aromatic carbocycles. The molecule has 2 rings (SSSR count). The molecule has 0 aliphatic rings. The summed E-state index contributed by atoms with van der Waals surface area (Å²) in [6, 6.07) is 13.8. The number of hydrogen-bond donors (Lipinski definition) is 1. The number of nitrogens with zero attached hydrogens (tertiary/aromatic N) is 1. The van der Waals surface area contributed by atoms with Gasteiger partial charge in [0.05, 0.1) is 24.6 Å². The summed E-state index contributed by atoms with van der Waals surface area (Å²) in [5, 5.41) is 2.91. The second-order valence-corrected chi connectivity index (χ2v) is 8.42. The van der Waals surface area contributed by atoms with Crippen LogP contribution in [0.5, 0.6) is 5.75 Å². The largest absolute Gasteiger partial charge is 0.497 e. The number of carbonyl (C=O) groups is 1. The van der Waals surface area contributed by atoms with Gasteiger partial charge in [-0.05, 0) is 43.2 Å². The number of rotatable bonds is 8. The molecule has 0 bridgehead atoms. The lowest BCUT2D eigenvalue weighted by Crippen LogP contribution is -2.39. The summed E-state index contributed by atoms with van der Waals surface area (Å²) in [4.78, 5) is 12.5. The lowest BCUT2D eigenvalue weighted by atomic mass is 10.0. The van der Waals surface area contributed by atoms with E-state index in [1.807, 2.05) is 38.1 Å². The average Bonchev–Trinajstić information content (AvgIpc) is 2.66. The van der Waals surface area contributed by atoms with Gasteiger partial charge in [0.2, 0.25) is 15.9 Å². The average molecular weight is 391 g/mol. The Kier molecular flexibility index (Phi) is 6.98. The van der Waals surface area contributed by atoms with Crippen LogP contribution in [0.4, 0.5) is 0 Å². The Morgan fingerprint density at radius 2 is 1.70 bits per heavy atom. The highest BCUT2D eigenvalue weighted by Crippen LogP contribution is 2.19. The molecule has 1 unspecified atom stereocenters. The zero-order valence-electron chi connectivity index (χ0n) is 16.1. The summed E-state index contributed by atoms with van der Waals surface area (Å²) in [5.74, 6) is 0.222. The first-order valence-corrected chi connectivity index (χ1v) is 10.2. The summed E-state index contributed by atoms with van der Waals surface area (Å²) in [7, 11) is -0.848. The Bertz CT molecular complexity index is 862. The molecule has 0 saturated carbocycles. The van der Waals surface area contributed by atoms with Gasteiger partial charge in [-0.1, -0.05) is 36.8 Å². The molecule has 1 amide bonds. The molecule has 0 aliphatic carbocycles. The van der Waals surface area contributed by atoms with Crippen LogP contribution in [0.15, 0.2) is 53.4 Å². The maximum Gasteiger partial charge on any atom is 0.243 e. The smallest absolute Gasteiger partial charge is 0.243 e. The molecule has 0 aliphatic heterocycles. The molecule has 0 spiro atoms. The monoisotopic (exact) mass is 390 g/mol. The van der Waals surface area contributed by atoms with Crippen LogP contribution < -0.4 is 10.1 Å². The quantitative estimate of drug-likeness (QED) is 0.752. The van der Waals surface area contributed by atoms with Gasteiger partial charge in [0.15, 0.2) is 0 Å². The second kappa shape index (κ2) is 9.01. The number of nitrogens with one attached hydrogen (secondary N) is 1. The number of carbonyl (C=O) groups excluding carboxylic acids is 1. The fourth-order valence-electron chi connectivity index (χ4n) is 2.67. The van der Waals surface area contributed by atoms with E-state index in [0.717, 1.165) is 15.4 Å². The molecule has 0 heterocycles. The van der Waals surface area contributed by atoms with Gasteiger partial charge in [0.1, 0.15) is 5.75 Å². The molecule has 2 aromatic rings. The molecule has 27 heavy (non-hydrogen) atoms. The highest BCUT2D eigenvalue weighted by Gasteiger charge is 2.24. The molecular formula is C20H26N2O4S. The SMILES string of the molecule is CCC(NC(=O)CN(C)S(=O)(=O)c1ccc(OC)cc1)c1ccc(C)cc1. The molecule has 0 saturated heterocycles. The Hall–Kier alpha value is -2.38. The van der Waals surface area contributed by atoms with Crippen LogP contribution in [0.25, 0.3) is 0 Å². The van der Waals surface area contributed by atoms with Crippen LogP contribution in [0.3, 0.4) is 0 Å². The van der Waals surface area contributed by atoms with E-state index in [1.165, 1.54) is 26.3 Å². The highest BCUT2D eigenvalue weighted by atomic mass is 32.2. The van der Waals surface area contributed by atoms with E-state index in [-0.39, 0.29) is 23.4 Å². The maximum atomic E-state index is 12.6. The van der Waals surface area contributed by atoms with E-state index in [1.54, 1.807) is 12.1 Å². The van der Waals surface area contributed by atoms with Crippen molar-refractivity contribution in [3.63, 3.8) is 0 Å². The van der Waals surface area contributed by atoms with Gasteiger partial charge in [-0.25, -0.2) is 8.42 Å². The minimum atomic E-state index is -3.75. The molecule has 0 fully saturated rings. The molecule has 0 aromatic heterocycles. The number of amides is 1. The first-order chi connectivity index (χ1) is 12.8. The van der Waals surface area contributed by atoms with Gasteiger partial charge >= 0.3 is 0 Å². The van der Waals surface area contributed by atoms with Gasteiger partial charge < -0.3 is 10.1 Å². The number of aryl methyl sites for hydroxylation is 1. The van der Waals surface area contributed by atoms with Gasteiger partial charge in [0, 0.05) is 7.05 Å². The van der Waals surface area contributed by atoms with Crippen LogP contribution in [0.1, 0.15) is 30.5 Å². The van der Waals surface area contributed by atoms with E-state index >= 15 is 0 Å². The Labute approximate surface area is 161 Å². The van der Waals surface area contributed by atoms with Crippen molar-refractivity contribution in [2.75, 3.05) is 20.7 Å². The summed E-state index contributed by atoms with van der Waals surface area (Å²) in [6.07, 6.45) is 0.712. The summed E-state index contributed by atoms with van der Waals surface area (Å²) in [5.41, 5.74) is 2.14. The van der Waals surface area contributed by atoms with Crippen molar-refractivity contribution in [2.24, 2.45) is 0 Å². The predicted octanol–water partition coefficient (Wildman–Crippen LogP) is 2.89. The lowest BCUT2D eigenvalue weighted by Gasteiger charge is -2.21. The van der Waals surface area contributed by atoms with Gasteiger partial charge in [-0.2, -0.15) is 4.31 Å². The van der Waals surface area contributed by atoms with Crippen molar-refractivity contribution in [1.82, 2.24) is 9.62 Å². The van der Waals surface area contributed by atoms with Crippen molar-refractivity contribution in [3.05, 3.63) is 59.7 Å². The van der Waals surface area contributed by atoms with Gasteiger partial charge in [-0.3, -0.25) is 4.79 Å². The molecule has 0 radical (unpaired) electrons. The van der Waals surface area contributed by atoms with Crippen molar-refractivity contribution < 1.29 is 17.9 Å². The summed E-state index contributed by atoms with van der Waals surface area (Å²) < 4.78 is 31.4. The summed E-state index contributed by atoms with van der Waals surface area (Å²) in [6.45, 7) is 3.72. The molecular weight excluding hydrogens is 364 g/mol. The number of likely N-dealkylation sites (N-methyl/N-ethyl adjacent to an activating group) is 1. The fraction of sp³-hybridized carbons (Fsp3) is 0.350. The Morgan fingerprint density at radius 3 is 2.22 bits per heavy atom. The first kappa shape index (κ1) is 20.9. The van der Waals surface area contributed by atoms with Gasteiger partial charge in [-0.15, -0.1) is 0 Å². The molecule has 1 atom stereocenters. The Balaban J connectivity index is 2.05. The molecule has 7 heteroatoms. The third kappa shape index (κ3) is 5.30. The zero-order chi connectivity index (χ0) is 20.0. The van der Waals surface area contributed by atoms with Crippen LogP contribution in [-0.2, 0) is 14.8 Å². The number of methoxy groups -OCH3 is 1. The predicted molar refractivity (Wildman–Crippen MR) is 105 cm³/mol. The number of ether oxygens (including phenoxy) is 1. The zero-order valence-corrected chi connectivity index (χ0v) is 16.9. The van der Waals surface area contributed by atoms with Crippen molar-refractivity contribution in [2.45, 2.75) is 31.2 Å². The van der Waals surface area contributed by atoms with Crippen LogP contribution in [0, 0.1) is 6.92 Å². The van der Waals surface area contributed by atoms with E-state index in [4.69, 9.17) is 4.74 Å². The van der Waals surface area contributed by atoms with Crippen molar-refractivity contribution in [1.29, 1.82) is 0 Å². The molecule has 146 valence electrons. The van der Waals surface area contributed by atoms with E-state index in [2.05, 4.69) is 5.32 Å². The third-order valence-electron chi connectivity index (χ3n) is 4.36. The maximum absolute atomic E-state index is 12.6. The first-order valence-electron chi connectivity index (χ1n) is 8.74. The molecule has 6 nitrogen and oxygen atoms in total. The minimum Gasteiger partial charge on any atom is -0.497 e. The number of benzene rings is 2. The number of sulfonamides is 1. The fourth-order valence-corrected chi connectivity index (χ4v) is 3.80. The Morgan fingerprint density at radius 1 is 1.11 bits per heavy atom. The van der Waals surface area contributed by atoms with E-state index in [0.29, 0.717) is 12.2 Å². The lowest BCUT2D eigenvalue weighted by molar-refractivity contribution is -0.121. The van der Waals surface area contributed by atoms with Crippen LogP contribution >= 0.6 is 0 Å². The van der Waals surface area contributed by atoms with E-state index < -0.39 is 10.0 Å². The van der Waals surface area contributed by atoms with E-state index in [9.17, 15) is 13.2 Å². The highest BCUT2D eigenvalue weighted by molar-refractivity contribution is 7.89. The normalized spacial score (nSPS) is 12.6. The van der Waals surface area contributed by atoms with Gasteiger partial charge in [0.25, 0.3) is 0 Å².